The number of rotatable bonds is 6. The normalized spacial score (nSPS) is 21.8. The number of carbonyl (C=O) groups excluding carboxylic acids is 1. The van der Waals surface area contributed by atoms with Crippen LogP contribution in [-0.2, 0) is 18.8 Å². The highest BCUT2D eigenvalue weighted by Gasteiger charge is 2.35. The largest absolute Gasteiger partial charge is 0.368 e. The summed E-state index contributed by atoms with van der Waals surface area (Å²) in [5.41, 5.74) is 5.37. The number of amides is 1. The molecule has 0 fully saturated rings. The molecule has 0 aromatic heterocycles. The van der Waals surface area contributed by atoms with Crippen molar-refractivity contribution in [3.8, 4) is 0 Å². The average Bonchev–Trinajstić information content (AvgIpc) is 2.70. The number of nitrogens with two attached hydrogens (primary N) is 1. The number of aliphatic imine (C=N–C) groups is 3. The zero-order valence-corrected chi connectivity index (χ0v) is 11.0. The summed E-state index contributed by atoms with van der Waals surface area (Å²) in [6.07, 6.45) is 0.612. The summed E-state index contributed by atoms with van der Waals surface area (Å²) in [5, 5.41) is 0. The van der Waals surface area contributed by atoms with Crippen LogP contribution < -0.4 is 5.73 Å². The molecule has 12 heteroatoms. The molecule has 2 rings (SSSR count). The summed E-state index contributed by atoms with van der Waals surface area (Å²) in [6, 6.07) is -0.818. The fourth-order valence-electron chi connectivity index (χ4n) is 1.50. The first-order valence-electron chi connectivity index (χ1n) is 5.33. The Hall–Kier alpha value is -1.65. The summed E-state index contributed by atoms with van der Waals surface area (Å²) in [4.78, 5) is 41.3. The predicted molar refractivity (Wildman–Crippen MR) is 67.0 cm³/mol. The summed E-state index contributed by atoms with van der Waals surface area (Å²) in [5.74, 6) is -0.379. The van der Waals surface area contributed by atoms with E-state index in [1.54, 1.807) is 0 Å². The van der Waals surface area contributed by atoms with Gasteiger partial charge in [0, 0.05) is 0 Å². The lowest BCUT2D eigenvalue weighted by molar-refractivity contribution is -0.117. The molecule has 1 atom stereocenters. The smallest absolute Gasteiger partial charge is 0.351 e. The second kappa shape index (κ2) is 5.77. The Bertz CT molecular complexity index is 539. The zero-order chi connectivity index (χ0) is 14.8. The molecule has 2 aliphatic rings. The molecule has 0 radical (unpaired) electrons. The van der Waals surface area contributed by atoms with Gasteiger partial charge in [-0.3, -0.25) is 19.3 Å². The Morgan fingerprint density at radius 1 is 1.40 bits per heavy atom. The molecule has 20 heavy (non-hydrogen) atoms. The maximum atomic E-state index is 11.5. The van der Waals surface area contributed by atoms with Gasteiger partial charge in [-0.15, -0.1) is 0 Å². The van der Waals surface area contributed by atoms with Gasteiger partial charge in [0.1, 0.15) is 13.5 Å². The topological polar surface area (TPSA) is 159 Å². The highest BCUT2D eigenvalue weighted by Crippen LogP contribution is 2.33. The van der Waals surface area contributed by atoms with Crippen molar-refractivity contribution in [1.82, 2.24) is 4.90 Å². The Balaban J connectivity index is 1.80. The third kappa shape index (κ3) is 3.68. The monoisotopic (exact) mass is 305 g/mol. The summed E-state index contributed by atoms with van der Waals surface area (Å²) in [6.45, 7) is -0.383. The number of guanidine groups is 1. The highest BCUT2D eigenvalue weighted by atomic mass is 31.2. The average molecular weight is 305 g/mol. The van der Waals surface area contributed by atoms with Crippen LogP contribution in [0.5, 0.6) is 0 Å². The minimum atomic E-state index is -4.21. The number of carbonyl (C=O) groups is 1. The zero-order valence-electron chi connectivity index (χ0n) is 10.1. The quantitative estimate of drug-likeness (QED) is 0.289. The number of hydrogen-bond donors (Lipinski definition) is 3. The van der Waals surface area contributed by atoms with Crippen molar-refractivity contribution in [3.63, 3.8) is 0 Å². The Morgan fingerprint density at radius 3 is 2.85 bits per heavy atom. The van der Waals surface area contributed by atoms with Gasteiger partial charge in [-0.05, 0) is 0 Å². The molecule has 4 N–H and O–H groups in total. The van der Waals surface area contributed by atoms with E-state index in [1.807, 2.05) is 0 Å². The van der Waals surface area contributed by atoms with Crippen LogP contribution in [0.3, 0.4) is 0 Å². The van der Waals surface area contributed by atoms with Gasteiger partial charge in [0.15, 0.2) is 18.2 Å². The third-order valence-electron chi connectivity index (χ3n) is 2.24. The molecule has 0 bridgehead atoms. The molecule has 2 aliphatic heterocycles. The van der Waals surface area contributed by atoms with Crippen molar-refractivity contribution in [2.75, 3.05) is 19.9 Å². The van der Waals surface area contributed by atoms with E-state index in [0.717, 1.165) is 0 Å². The Labute approximate surface area is 113 Å². The van der Waals surface area contributed by atoms with Crippen LogP contribution in [-0.4, -0.2) is 64.6 Å². The molecule has 0 aliphatic carbocycles. The molecular formula is C8H12N5O6P. The first-order chi connectivity index (χ1) is 9.37. The molecule has 0 aromatic rings. The number of nitrogens with zero attached hydrogens (tertiary/aromatic N) is 4. The number of fused-ring (bicyclic) bond motifs is 1. The number of amidine groups is 1. The van der Waals surface area contributed by atoms with Crippen LogP contribution in [0.25, 0.3) is 0 Å². The van der Waals surface area contributed by atoms with Gasteiger partial charge >= 0.3 is 7.60 Å². The molecule has 0 saturated carbocycles. The van der Waals surface area contributed by atoms with Crippen LogP contribution in [0.1, 0.15) is 0 Å². The lowest BCUT2D eigenvalue weighted by atomic mass is 10.2. The molecule has 1 unspecified atom stereocenters. The summed E-state index contributed by atoms with van der Waals surface area (Å²) >= 11 is 0. The first-order valence-corrected chi connectivity index (χ1v) is 7.13. The predicted octanol–water partition coefficient (Wildman–Crippen LogP) is -1.96. The summed E-state index contributed by atoms with van der Waals surface area (Å²) in [7, 11) is -4.21. The van der Waals surface area contributed by atoms with Crippen LogP contribution in [0.15, 0.2) is 15.0 Å². The van der Waals surface area contributed by atoms with E-state index >= 15 is 0 Å². The van der Waals surface area contributed by atoms with Crippen LogP contribution in [0.4, 0.5) is 0 Å². The number of hydrogen-bond acceptors (Lipinski definition) is 8. The second-order valence-corrected chi connectivity index (χ2v) is 5.45. The van der Waals surface area contributed by atoms with Crippen molar-refractivity contribution in [3.05, 3.63) is 0 Å². The van der Waals surface area contributed by atoms with E-state index in [2.05, 4.69) is 19.7 Å². The van der Waals surface area contributed by atoms with Crippen molar-refractivity contribution in [2.45, 2.75) is 6.04 Å². The maximum absolute atomic E-state index is 11.5. The van der Waals surface area contributed by atoms with E-state index < -0.39 is 25.9 Å². The van der Waals surface area contributed by atoms with Gasteiger partial charge in [-0.25, -0.2) is 0 Å². The molecule has 110 valence electrons. The van der Waals surface area contributed by atoms with Gasteiger partial charge in [0.25, 0.3) is 5.91 Å². The first kappa shape index (κ1) is 14.8. The second-order valence-electron chi connectivity index (χ2n) is 3.86. The van der Waals surface area contributed by atoms with Crippen LogP contribution in [0.2, 0.25) is 0 Å². The summed E-state index contributed by atoms with van der Waals surface area (Å²) < 4.78 is 20.2. The lowest BCUT2D eigenvalue weighted by Gasteiger charge is -2.19. The van der Waals surface area contributed by atoms with Crippen molar-refractivity contribution >= 4 is 31.6 Å². The number of ether oxygens (including phenoxy) is 2. The van der Waals surface area contributed by atoms with Crippen molar-refractivity contribution < 1.29 is 28.6 Å². The van der Waals surface area contributed by atoms with E-state index in [-0.39, 0.29) is 25.3 Å². The van der Waals surface area contributed by atoms with Crippen LogP contribution >= 0.6 is 7.60 Å². The van der Waals surface area contributed by atoms with Gasteiger partial charge in [-0.1, -0.05) is 0 Å². The van der Waals surface area contributed by atoms with Gasteiger partial charge in [-0.2, -0.15) is 9.98 Å². The third-order valence-corrected chi connectivity index (χ3v) is 2.76. The molecule has 0 spiro atoms. The maximum Gasteiger partial charge on any atom is 0.351 e. The van der Waals surface area contributed by atoms with E-state index in [1.165, 1.54) is 11.2 Å². The standard InChI is InChI=1S/C8H12N5O6P/c9-8-11-6-5(7(14)12-8)10-1-13(6)2-18-3-19-4-20(15,16)17/h1,5H,2-4H2,(H2,9,12,14)(H2,15,16,17). The minimum Gasteiger partial charge on any atom is -0.368 e. The van der Waals surface area contributed by atoms with E-state index in [0.29, 0.717) is 0 Å². The molecule has 0 aromatic carbocycles. The Kier molecular flexibility index (Phi) is 4.26. The SMILES string of the molecule is NC1=NC(=O)C2N=CN(COCOCP(=O)(O)O)C2=N1. The molecule has 1 amide bonds. The molecule has 0 saturated heterocycles. The van der Waals surface area contributed by atoms with Gasteiger partial charge in [0.05, 0.1) is 6.34 Å². The van der Waals surface area contributed by atoms with Crippen molar-refractivity contribution in [2.24, 2.45) is 20.7 Å². The van der Waals surface area contributed by atoms with Crippen molar-refractivity contribution in [1.29, 1.82) is 0 Å². The highest BCUT2D eigenvalue weighted by molar-refractivity contribution is 7.51. The van der Waals surface area contributed by atoms with E-state index in [9.17, 15) is 9.36 Å². The molecule has 11 nitrogen and oxygen atoms in total. The Morgan fingerprint density at radius 2 is 2.15 bits per heavy atom. The minimum absolute atomic E-state index is 0.0550. The lowest BCUT2D eigenvalue weighted by Crippen LogP contribution is -2.41. The van der Waals surface area contributed by atoms with Gasteiger partial charge < -0.3 is 25.0 Å². The fraction of sp³-hybridized carbons (Fsp3) is 0.500. The fourth-order valence-corrected chi connectivity index (χ4v) is 1.81. The van der Waals surface area contributed by atoms with Gasteiger partial charge in [0.2, 0.25) is 5.96 Å². The van der Waals surface area contributed by atoms with E-state index in [4.69, 9.17) is 20.3 Å². The molecular weight excluding hydrogens is 293 g/mol. The van der Waals surface area contributed by atoms with Crippen LogP contribution in [0, 0.1) is 0 Å². The molecule has 2 heterocycles.